The highest BCUT2D eigenvalue weighted by atomic mass is 16.6. The fourth-order valence-electron chi connectivity index (χ4n) is 3.92. The third kappa shape index (κ3) is 2.79. The first kappa shape index (κ1) is 16.1. The smallest absolute Gasteiger partial charge is 0.306 e. The molecule has 25 heavy (non-hydrogen) atoms. The SMILES string of the molecule is C=C(c1ccccc1)C12CC(c3ccc(C)cc3)OC1CCC(=O)O2. The summed E-state index contributed by atoms with van der Waals surface area (Å²) in [5.41, 5.74) is 3.40. The van der Waals surface area contributed by atoms with E-state index in [1.54, 1.807) is 0 Å². The molecule has 0 bridgehead atoms. The highest BCUT2D eigenvalue weighted by molar-refractivity contribution is 5.79. The lowest BCUT2D eigenvalue weighted by molar-refractivity contribution is -0.167. The first-order valence-corrected chi connectivity index (χ1v) is 8.77. The summed E-state index contributed by atoms with van der Waals surface area (Å²) in [6.45, 7) is 6.37. The predicted octanol–water partition coefficient (Wildman–Crippen LogP) is 4.61. The molecular formula is C22H22O3. The van der Waals surface area contributed by atoms with Crippen molar-refractivity contribution < 1.29 is 14.3 Å². The summed E-state index contributed by atoms with van der Waals surface area (Å²) < 4.78 is 12.3. The molecule has 2 fully saturated rings. The van der Waals surface area contributed by atoms with E-state index in [0.717, 1.165) is 16.7 Å². The van der Waals surface area contributed by atoms with Crippen LogP contribution in [0.25, 0.3) is 5.57 Å². The molecule has 3 unspecified atom stereocenters. The van der Waals surface area contributed by atoms with E-state index in [-0.39, 0.29) is 18.2 Å². The van der Waals surface area contributed by atoms with Crippen LogP contribution in [0.2, 0.25) is 0 Å². The van der Waals surface area contributed by atoms with Crippen LogP contribution in [-0.2, 0) is 14.3 Å². The first-order chi connectivity index (χ1) is 12.1. The van der Waals surface area contributed by atoms with E-state index in [2.05, 4.69) is 37.8 Å². The Morgan fingerprint density at radius 2 is 1.84 bits per heavy atom. The molecule has 0 saturated carbocycles. The number of hydrogen-bond donors (Lipinski definition) is 0. The van der Waals surface area contributed by atoms with Crippen molar-refractivity contribution in [1.82, 2.24) is 0 Å². The number of hydrogen-bond acceptors (Lipinski definition) is 3. The average Bonchev–Trinajstić information content (AvgIpc) is 3.02. The van der Waals surface area contributed by atoms with Crippen molar-refractivity contribution in [2.45, 2.75) is 44.0 Å². The van der Waals surface area contributed by atoms with E-state index >= 15 is 0 Å². The van der Waals surface area contributed by atoms with Gasteiger partial charge in [0.2, 0.25) is 0 Å². The number of aryl methyl sites for hydroxylation is 1. The van der Waals surface area contributed by atoms with Crippen LogP contribution in [0.4, 0.5) is 0 Å². The summed E-state index contributed by atoms with van der Waals surface area (Å²) in [5.74, 6) is -0.165. The van der Waals surface area contributed by atoms with Crippen molar-refractivity contribution in [3.05, 3.63) is 77.9 Å². The van der Waals surface area contributed by atoms with Gasteiger partial charge in [0.1, 0.15) is 6.10 Å². The van der Waals surface area contributed by atoms with Gasteiger partial charge in [-0.1, -0.05) is 66.7 Å². The summed E-state index contributed by atoms with van der Waals surface area (Å²) in [4.78, 5) is 12.1. The van der Waals surface area contributed by atoms with Crippen LogP contribution in [0.1, 0.15) is 42.1 Å². The molecular weight excluding hydrogens is 312 g/mol. The van der Waals surface area contributed by atoms with Crippen LogP contribution < -0.4 is 0 Å². The molecule has 2 aliphatic rings. The lowest BCUT2D eigenvalue weighted by Crippen LogP contribution is -2.47. The molecule has 2 aromatic rings. The lowest BCUT2D eigenvalue weighted by atomic mass is 9.79. The van der Waals surface area contributed by atoms with Crippen LogP contribution in [0, 0.1) is 6.92 Å². The molecule has 0 aromatic heterocycles. The standard InChI is InChI=1S/C22H22O3/c1-15-8-10-18(11-9-15)19-14-22(16(2)17-6-4-3-5-7-17)20(24-19)12-13-21(23)25-22/h3-11,19-20H,2,12-14H2,1H3. The van der Waals surface area contributed by atoms with Crippen LogP contribution in [0.15, 0.2) is 61.2 Å². The Hall–Kier alpha value is -2.39. The van der Waals surface area contributed by atoms with Gasteiger partial charge in [-0.05, 0) is 30.0 Å². The fourth-order valence-corrected chi connectivity index (χ4v) is 3.92. The number of fused-ring (bicyclic) bond motifs is 1. The Morgan fingerprint density at radius 3 is 2.56 bits per heavy atom. The number of esters is 1. The van der Waals surface area contributed by atoms with Gasteiger partial charge >= 0.3 is 5.97 Å². The summed E-state index contributed by atoms with van der Waals surface area (Å²) in [6.07, 6.45) is 1.45. The minimum absolute atomic E-state index is 0.0861. The van der Waals surface area contributed by atoms with Gasteiger partial charge in [0, 0.05) is 12.8 Å². The molecule has 4 rings (SSSR count). The molecule has 2 aliphatic heterocycles. The van der Waals surface area contributed by atoms with Gasteiger partial charge in [-0.2, -0.15) is 0 Å². The Morgan fingerprint density at radius 1 is 1.12 bits per heavy atom. The van der Waals surface area contributed by atoms with Crippen molar-refractivity contribution in [2.75, 3.05) is 0 Å². The van der Waals surface area contributed by atoms with Crippen molar-refractivity contribution in [2.24, 2.45) is 0 Å². The molecule has 3 atom stereocenters. The minimum atomic E-state index is -0.772. The van der Waals surface area contributed by atoms with E-state index in [1.165, 1.54) is 5.56 Å². The highest BCUT2D eigenvalue weighted by Crippen LogP contribution is 2.51. The molecule has 0 radical (unpaired) electrons. The van der Waals surface area contributed by atoms with Gasteiger partial charge in [0.15, 0.2) is 5.60 Å². The zero-order valence-corrected chi connectivity index (χ0v) is 14.4. The van der Waals surface area contributed by atoms with E-state index in [9.17, 15) is 4.79 Å². The van der Waals surface area contributed by atoms with Gasteiger partial charge in [0.25, 0.3) is 0 Å². The first-order valence-electron chi connectivity index (χ1n) is 8.77. The molecule has 0 amide bonds. The predicted molar refractivity (Wildman–Crippen MR) is 96.9 cm³/mol. The fraction of sp³-hybridized carbons (Fsp3) is 0.318. The monoisotopic (exact) mass is 334 g/mol. The van der Waals surface area contributed by atoms with E-state index in [1.807, 2.05) is 30.3 Å². The zero-order chi connectivity index (χ0) is 17.4. The van der Waals surface area contributed by atoms with Gasteiger partial charge in [-0.25, -0.2) is 0 Å². The summed E-state index contributed by atoms with van der Waals surface area (Å²) in [5, 5.41) is 0. The Bertz CT molecular complexity index is 794. The minimum Gasteiger partial charge on any atom is -0.451 e. The Balaban J connectivity index is 1.70. The van der Waals surface area contributed by atoms with E-state index in [4.69, 9.17) is 9.47 Å². The highest BCUT2D eigenvalue weighted by Gasteiger charge is 2.56. The number of carbonyl (C=O) groups excluding carboxylic acids is 1. The lowest BCUT2D eigenvalue weighted by Gasteiger charge is -2.38. The molecule has 2 aromatic carbocycles. The number of ether oxygens (including phenoxy) is 2. The third-order valence-electron chi connectivity index (χ3n) is 5.33. The number of benzene rings is 2. The van der Waals surface area contributed by atoms with Crippen LogP contribution >= 0.6 is 0 Å². The molecule has 3 nitrogen and oxygen atoms in total. The van der Waals surface area contributed by atoms with Gasteiger partial charge < -0.3 is 9.47 Å². The number of rotatable bonds is 3. The summed E-state index contributed by atoms with van der Waals surface area (Å²) in [6, 6.07) is 18.3. The largest absolute Gasteiger partial charge is 0.451 e. The number of carbonyl (C=O) groups is 1. The van der Waals surface area contributed by atoms with E-state index in [0.29, 0.717) is 19.3 Å². The topological polar surface area (TPSA) is 35.5 Å². The van der Waals surface area contributed by atoms with E-state index < -0.39 is 5.60 Å². The quantitative estimate of drug-likeness (QED) is 0.769. The van der Waals surface area contributed by atoms with Crippen molar-refractivity contribution in [3.8, 4) is 0 Å². The molecule has 3 heteroatoms. The van der Waals surface area contributed by atoms with Crippen LogP contribution in [0.3, 0.4) is 0 Å². The Kier molecular flexibility index (Phi) is 3.97. The maximum absolute atomic E-state index is 12.1. The second-order valence-corrected chi connectivity index (χ2v) is 6.97. The van der Waals surface area contributed by atoms with Gasteiger partial charge in [-0.3, -0.25) is 4.79 Å². The molecule has 128 valence electrons. The third-order valence-corrected chi connectivity index (χ3v) is 5.33. The molecule has 2 saturated heterocycles. The van der Waals surface area contributed by atoms with Crippen molar-refractivity contribution in [3.63, 3.8) is 0 Å². The summed E-state index contributed by atoms with van der Waals surface area (Å²) >= 11 is 0. The van der Waals surface area contributed by atoms with Crippen molar-refractivity contribution >= 4 is 11.5 Å². The van der Waals surface area contributed by atoms with Crippen LogP contribution in [0.5, 0.6) is 0 Å². The second-order valence-electron chi connectivity index (χ2n) is 6.97. The maximum atomic E-state index is 12.1. The average molecular weight is 334 g/mol. The van der Waals surface area contributed by atoms with Gasteiger partial charge in [0.05, 0.1) is 6.10 Å². The molecule has 2 heterocycles. The normalized spacial score (nSPS) is 28.3. The zero-order valence-electron chi connectivity index (χ0n) is 14.4. The molecule has 0 N–H and O–H groups in total. The molecule has 0 spiro atoms. The van der Waals surface area contributed by atoms with Gasteiger partial charge in [-0.15, -0.1) is 0 Å². The van der Waals surface area contributed by atoms with Crippen LogP contribution in [-0.4, -0.2) is 17.7 Å². The Labute approximate surface area is 148 Å². The molecule has 0 aliphatic carbocycles. The van der Waals surface area contributed by atoms with Crippen molar-refractivity contribution in [1.29, 1.82) is 0 Å². The maximum Gasteiger partial charge on any atom is 0.306 e. The second kappa shape index (κ2) is 6.16. The summed E-state index contributed by atoms with van der Waals surface area (Å²) in [7, 11) is 0.